The Morgan fingerprint density at radius 3 is 2.19 bits per heavy atom. The van der Waals surface area contributed by atoms with Crippen molar-refractivity contribution in [3.63, 3.8) is 0 Å². The summed E-state index contributed by atoms with van der Waals surface area (Å²) in [4.78, 5) is 33.9. The predicted molar refractivity (Wildman–Crippen MR) is 97.5 cm³/mol. The number of aliphatic hydroxyl groups excluding tert-OH is 2. The molecule has 0 aromatic heterocycles. The van der Waals surface area contributed by atoms with Gasteiger partial charge in [0.2, 0.25) is 0 Å². The molecular weight excluding hydrogens is 354 g/mol. The number of ether oxygens (including phenoxy) is 1. The highest BCUT2D eigenvalue weighted by Gasteiger charge is 2.20. The Balaban J connectivity index is 2.51. The van der Waals surface area contributed by atoms with Crippen LogP contribution in [0.4, 0.5) is 4.79 Å². The van der Waals surface area contributed by atoms with E-state index in [-0.39, 0.29) is 31.6 Å². The fraction of sp³-hybridized carbons (Fsp3) is 0.526. The van der Waals surface area contributed by atoms with Crippen LogP contribution in [0.25, 0.3) is 0 Å². The number of hydrogen-bond donors (Lipinski definition) is 4. The summed E-state index contributed by atoms with van der Waals surface area (Å²) in [5.41, 5.74) is 0.133. The molecule has 8 heteroatoms. The van der Waals surface area contributed by atoms with Crippen LogP contribution in [0.3, 0.4) is 0 Å². The Hall–Kier alpha value is -2.45. The smallest absolute Gasteiger partial charge is 0.407 e. The minimum Gasteiger partial charge on any atom is -0.481 e. The maximum absolute atomic E-state index is 11.8. The lowest BCUT2D eigenvalue weighted by Gasteiger charge is -2.21. The number of nitrogens with one attached hydrogen (secondary N) is 1. The van der Waals surface area contributed by atoms with Crippen molar-refractivity contribution in [2.75, 3.05) is 6.54 Å². The Morgan fingerprint density at radius 2 is 1.67 bits per heavy atom. The third-order valence-electron chi connectivity index (χ3n) is 3.61. The summed E-state index contributed by atoms with van der Waals surface area (Å²) >= 11 is 0. The van der Waals surface area contributed by atoms with E-state index in [1.54, 1.807) is 20.8 Å². The minimum absolute atomic E-state index is 0.101. The van der Waals surface area contributed by atoms with E-state index in [2.05, 4.69) is 5.32 Å². The fourth-order valence-electron chi connectivity index (χ4n) is 2.25. The Bertz CT molecular complexity index is 649. The third kappa shape index (κ3) is 8.65. The van der Waals surface area contributed by atoms with E-state index in [9.17, 15) is 24.6 Å². The second-order valence-electron chi connectivity index (χ2n) is 7.17. The Labute approximate surface area is 158 Å². The van der Waals surface area contributed by atoms with E-state index in [0.29, 0.717) is 11.1 Å². The van der Waals surface area contributed by atoms with E-state index < -0.39 is 29.9 Å². The van der Waals surface area contributed by atoms with E-state index in [4.69, 9.17) is 9.84 Å². The van der Waals surface area contributed by atoms with Crippen molar-refractivity contribution in [3.05, 3.63) is 35.4 Å². The minimum atomic E-state index is -1.19. The number of Topliss-reactive ketones (excluding diaryl/α,β-unsaturated/α-hetero) is 1. The van der Waals surface area contributed by atoms with Gasteiger partial charge in [0.25, 0.3) is 0 Å². The topological polar surface area (TPSA) is 133 Å². The second kappa shape index (κ2) is 10.0. The van der Waals surface area contributed by atoms with Gasteiger partial charge < -0.3 is 25.4 Å². The maximum atomic E-state index is 11.8. The van der Waals surface area contributed by atoms with Crippen LogP contribution in [-0.2, 0) is 9.53 Å². The van der Waals surface area contributed by atoms with Crippen LogP contribution in [0.15, 0.2) is 24.3 Å². The van der Waals surface area contributed by atoms with Crippen LogP contribution in [0.1, 0.15) is 62.1 Å². The number of rotatable bonds is 9. The highest BCUT2D eigenvalue weighted by atomic mass is 16.6. The molecule has 0 aliphatic rings. The van der Waals surface area contributed by atoms with Gasteiger partial charge >= 0.3 is 12.1 Å². The van der Waals surface area contributed by atoms with Crippen molar-refractivity contribution >= 4 is 17.8 Å². The summed E-state index contributed by atoms with van der Waals surface area (Å²) in [5.74, 6) is -1.35. The second-order valence-corrected chi connectivity index (χ2v) is 7.17. The van der Waals surface area contributed by atoms with Crippen molar-refractivity contribution in [2.24, 2.45) is 0 Å². The van der Waals surface area contributed by atoms with Gasteiger partial charge in [-0.15, -0.1) is 0 Å². The van der Waals surface area contributed by atoms with Gasteiger partial charge in [-0.1, -0.05) is 24.3 Å². The number of aliphatic carboxylic acids is 1. The number of aliphatic hydroxyl groups is 2. The number of carbonyl (C=O) groups is 3. The molecule has 0 saturated carbocycles. The van der Waals surface area contributed by atoms with E-state index in [0.717, 1.165) is 0 Å². The monoisotopic (exact) mass is 381 g/mol. The molecule has 0 fully saturated rings. The van der Waals surface area contributed by atoms with Crippen LogP contribution in [0, 0.1) is 0 Å². The molecule has 2 atom stereocenters. The van der Waals surface area contributed by atoms with Gasteiger partial charge in [0, 0.05) is 18.5 Å². The number of carboxylic acid groups (broad SMARTS) is 1. The Kier molecular flexibility index (Phi) is 8.39. The van der Waals surface area contributed by atoms with Crippen molar-refractivity contribution in [3.8, 4) is 0 Å². The molecule has 0 saturated heterocycles. The van der Waals surface area contributed by atoms with E-state index in [1.807, 2.05) is 0 Å². The van der Waals surface area contributed by atoms with Gasteiger partial charge in [0.15, 0.2) is 5.78 Å². The molecule has 0 heterocycles. The molecule has 0 aliphatic carbocycles. The van der Waals surface area contributed by atoms with Crippen LogP contribution in [0.5, 0.6) is 0 Å². The number of amides is 1. The number of benzene rings is 1. The SMILES string of the molecule is CC(C)(C)OC(=O)NCCC(O)C(O)c1ccc(C(=O)CCC(=O)O)cc1. The molecule has 2 unspecified atom stereocenters. The number of hydrogen-bond acceptors (Lipinski definition) is 6. The largest absolute Gasteiger partial charge is 0.481 e. The van der Waals surface area contributed by atoms with Gasteiger partial charge in [0.1, 0.15) is 11.7 Å². The van der Waals surface area contributed by atoms with Gasteiger partial charge in [-0.2, -0.15) is 0 Å². The molecule has 1 amide bonds. The van der Waals surface area contributed by atoms with Crippen LogP contribution < -0.4 is 5.32 Å². The van der Waals surface area contributed by atoms with Crippen molar-refractivity contribution < 1.29 is 34.4 Å². The molecule has 0 spiro atoms. The molecule has 27 heavy (non-hydrogen) atoms. The summed E-state index contributed by atoms with van der Waals surface area (Å²) < 4.78 is 5.07. The van der Waals surface area contributed by atoms with Gasteiger partial charge in [-0.3, -0.25) is 9.59 Å². The van der Waals surface area contributed by atoms with Crippen molar-refractivity contribution in [2.45, 2.75) is 57.8 Å². The number of alkyl carbamates (subject to hydrolysis) is 1. The molecule has 150 valence electrons. The quantitative estimate of drug-likeness (QED) is 0.481. The van der Waals surface area contributed by atoms with Gasteiger partial charge in [-0.05, 0) is 32.8 Å². The zero-order valence-electron chi connectivity index (χ0n) is 15.8. The molecule has 1 aromatic rings. The average molecular weight is 381 g/mol. The van der Waals surface area contributed by atoms with Gasteiger partial charge in [0.05, 0.1) is 12.5 Å². The zero-order valence-corrected chi connectivity index (χ0v) is 15.8. The fourth-order valence-corrected chi connectivity index (χ4v) is 2.25. The predicted octanol–water partition coefficient (Wildman–Crippen LogP) is 2.04. The van der Waals surface area contributed by atoms with Crippen LogP contribution >= 0.6 is 0 Å². The normalized spacial score (nSPS) is 13.5. The summed E-state index contributed by atoms with van der Waals surface area (Å²) in [6.07, 6.45) is -3.14. The lowest BCUT2D eigenvalue weighted by atomic mass is 9.99. The first-order valence-corrected chi connectivity index (χ1v) is 8.67. The Morgan fingerprint density at radius 1 is 1.07 bits per heavy atom. The first-order valence-electron chi connectivity index (χ1n) is 8.67. The first-order chi connectivity index (χ1) is 12.5. The summed E-state index contributed by atoms with van der Waals surface area (Å²) in [6, 6.07) is 5.97. The number of carbonyl (C=O) groups excluding carboxylic acids is 2. The van der Waals surface area contributed by atoms with Crippen LogP contribution in [0.2, 0.25) is 0 Å². The molecule has 0 aliphatic heterocycles. The zero-order chi connectivity index (χ0) is 20.6. The summed E-state index contributed by atoms with van der Waals surface area (Å²) in [6.45, 7) is 5.34. The van der Waals surface area contributed by atoms with Crippen molar-refractivity contribution in [1.82, 2.24) is 5.32 Å². The summed E-state index contributed by atoms with van der Waals surface area (Å²) in [5, 5.41) is 31.4. The molecule has 8 nitrogen and oxygen atoms in total. The molecular formula is C19H27NO7. The standard InChI is InChI=1S/C19H27NO7/c1-19(2,3)27-18(26)20-11-10-15(22)17(25)13-6-4-12(5-7-13)14(21)8-9-16(23)24/h4-7,15,17,22,25H,8-11H2,1-3H3,(H,20,26)(H,23,24). The lowest BCUT2D eigenvalue weighted by Crippen LogP contribution is -2.34. The molecule has 4 N–H and O–H groups in total. The molecule has 1 aromatic carbocycles. The number of carboxylic acids is 1. The van der Waals surface area contributed by atoms with E-state index >= 15 is 0 Å². The maximum Gasteiger partial charge on any atom is 0.407 e. The van der Waals surface area contributed by atoms with E-state index in [1.165, 1.54) is 24.3 Å². The lowest BCUT2D eigenvalue weighted by molar-refractivity contribution is -0.136. The van der Waals surface area contributed by atoms with Crippen molar-refractivity contribution in [1.29, 1.82) is 0 Å². The summed E-state index contributed by atoms with van der Waals surface area (Å²) in [7, 11) is 0. The number of ketones is 1. The van der Waals surface area contributed by atoms with Gasteiger partial charge in [-0.25, -0.2) is 4.79 Å². The highest BCUT2D eigenvalue weighted by molar-refractivity contribution is 5.97. The average Bonchev–Trinajstić information content (AvgIpc) is 2.57. The molecule has 0 radical (unpaired) electrons. The highest BCUT2D eigenvalue weighted by Crippen LogP contribution is 2.20. The third-order valence-corrected chi connectivity index (χ3v) is 3.61. The molecule has 0 bridgehead atoms. The molecule has 1 rings (SSSR count). The van der Waals surface area contributed by atoms with Crippen LogP contribution in [-0.4, -0.2) is 51.4 Å². The first kappa shape index (κ1) is 22.6.